The van der Waals surface area contributed by atoms with Crippen molar-refractivity contribution in [2.45, 2.75) is 32.6 Å². The maximum absolute atomic E-state index is 12.0. The van der Waals surface area contributed by atoms with E-state index in [9.17, 15) is 4.79 Å². The Morgan fingerprint density at radius 2 is 2.20 bits per heavy atom. The van der Waals surface area contributed by atoms with Gasteiger partial charge in [0, 0.05) is 13.0 Å². The summed E-state index contributed by atoms with van der Waals surface area (Å²) in [6, 6.07) is 10.3. The van der Waals surface area contributed by atoms with Crippen molar-refractivity contribution >= 4 is 5.91 Å². The Hall–Kier alpha value is -1.35. The monoisotopic (exact) mass is 274 g/mol. The summed E-state index contributed by atoms with van der Waals surface area (Å²) in [6.45, 7) is 5.14. The minimum atomic E-state index is 0.194. The minimum absolute atomic E-state index is 0.194. The average molecular weight is 274 g/mol. The fraction of sp³-hybridized carbons (Fsp3) is 0.588. The van der Waals surface area contributed by atoms with Crippen LogP contribution in [-0.4, -0.2) is 25.5 Å². The summed E-state index contributed by atoms with van der Waals surface area (Å²) >= 11 is 0. The van der Waals surface area contributed by atoms with Crippen LogP contribution >= 0.6 is 0 Å². The summed E-state index contributed by atoms with van der Waals surface area (Å²) in [5.41, 5.74) is 1.28. The smallest absolute Gasteiger partial charge is 0.220 e. The van der Waals surface area contributed by atoms with Crippen molar-refractivity contribution in [3.63, 3.8) is 0 Å². The molecule has 1 fully saturated rings. The van der Waals surface area contributed by atoms with E-state index in [1.807, 2.05) is 18.2 Å². The summed E-state index contributed by atoms with van der Waals surface area (Å²) in [5.74, 6) is 1.32. The van der Waals surface area contributed by atoms with E-state index >= 15 is 0 Å². The largest absolute Gasteiger partial charge is 0.356 e. The van der Waals surface area contributed by atoms with E-state index in [1.54, 1.807) is 0 Å². The Bertz CT molecular complexity index is 399. The molecule has 1 heterocycles. The van der Waals surface area contributed by atoms with Gasteiger partial charge in [0.25, 0.3) is 0 Å². The molecule has 1 aliphatic rings. The van der Waals surface area contributed by atoms with Crippen molar-refractivity contribution in [3.8, 4) is 0 Å². The van der Waals surface area contributed by atoms with Crippen LogP contribution in [0.4, 0.5) is 0 Å². The second-order valence-corrected chi connectivity index (χ2v) is 5.87. The SMILES string of the molecule is CC(CC(=O)NCCc1ccccc1)C1CCCNC1. The Kier molecular flexibility index (Phi) is 6.06. The van der Waals surface area contributed by atoms with Gasteiger partial charge < -0.3 is 10.6 Å². The Labute approximate surface area is 122 Å². The van der Waals surface area contributed by atoms with Crippen LogP contribution in [0.15, 0.2) is 30.3 Å². The molecule has 110 valence electrons. The fourth-order valence-corrected chi connectivity index (χ4v) is 2.89. The van der Waals surface area contributed by atoms with E-state index in [1.165, 1.54) is 18.4 Å². The third kappa shape index (κ3) is 4.97. The molecule has 3 heteroatoms. The number of hydrogen-bond acceptors (Lipinski definition) is 2. The first kappa shape index (κ1) is 15.0. The predicted molar refractivity (Wildman–Crippen MR) is 82.5 cm³/mol. The molecule has 0 bridgehead atoms. The van der Waals surface area contributed by atoms with Gasteiger partial charge in [-0.3, -0.25) is 4.79 Å². The zero-order valence-corrected chi connectivity index (χ0v) is 12.4. The van der Waals surface area contributed by atoms with Gasteiger partial charge in [-0.1, -0.05) is 37.3 Å². The number of carbonyl (C=O) groups excluding carboxylic acids is 1. The average Bonchev–Trinajstić information content (AvgIpc) is 2.49. The van der Waals surface area contributed by atoms with Crippen molar-refractivity contribution in [2.75, 3.05) is 19.6 Å². The van der Waals surface area contributed by atoms with Crippen molar-refractivity contribution < 1.29 is 4.79 Å². The molecule has 2 rings (SSSR count). The minimum Gasteiger partial charge on any atom is -0.356 e. The fourth-order valence-electron chi connectivity index (χ4n) is 2.89. The number of rotatable bonds is 6. The highest BCUT2D eigenvalue weighted by Crippen LogP contribution is 2.22. The first-order chi connectivity index (χ1) is 9.75. The second-order valence-electron chi connectivity index (χ2n) is 5.87. The Balaban J connectivity index is 1.64. The number of piperidine rings is 1. The Morgan fingerprint density at radius 3 is 2.90 bits per heavy atom. The summed E-state index contributed by atoms with van der Waals surface area (Å²) in [7, 11) is 0. The van der Waals surface area contributed by atoms with Gasteiger partial charge in [0.2, 0.25) is 5.91 Å². The summed E-state index contributed by atoms with van der Waals surface area (Å²) in [4.78, 5) is 12.0. The lowest BCUT2D eigenvalue weighted by Gasteiger charge is -2.28. The number of carbonyl (C=O) groups is 1. The van der Waals surface area contributed by atoms with Gasteiger partial charge in [-0.25, -0.2) is 0 Å². The van der Waals surface area contributed by atoms with Gasteiger partial charge >= 0.3 is 0 Å². The zero-order chi connectivity index (χ0) is 14.2. The van der Waals surface area contributed by atoms with Crippen LogP contribution in [0.3, 0.4) is 0 Å². The maximum Gasteiger partial charge on any atom is 0.220 e. The molecular weight excluding hydrogens is 248 g/mol. The van der Waals surface area contributed by atoms with Gasteiger partial charge in [0.1, 0.15) is 0 Å². The van der Waals surface area contributed by atoms with Gasteiger partial charge in [-0.15, -0.1) is 0 Å². The highest BCUT2D eigenvalue weighted by atomic mass is 16.1. The first-order valence-electron chi connectivity index (χ1n) is 7.77. The van der Waals surface area contributed by atoms with Gasteiger partial charge in [0.15, 0.2) is 0 Å². The molecule has 1 aliphatic heterocycles. The summed E-state index contributed by atoms with van der Waals surface area (Å²) in [6.07, 6.45) is 4.06. The van der Waals surface area contributed by atoms with E-state index < -0.39 is 0 Å². The molecule has 2 atom stereocenters. The molecule has 1 amide bonds. The second kappa shape index (κ2) is 8.05. The number of nitrogens with one attached hydrogen (secondary N) is 2. The highest BCUT2D eigenvalue weighted by molar-refractivity contribution is 5.76. The highest BCUT2D eigenvalue weighted by Gasteiger charge is 2.21. The van der Waals surface area contributed by atoms with Crippen molar-refractivity contribution in [2.24, 2.45) is 11.8 Å². The van der Waals surface area contributed by atoms with Crippen LogP contribution in [0, 0.1) is 11.8 Å². The van der Waals surface area contributed by atoms with Gasteiger partial charge in [0.05, 0.1) is 0 Å². The van der Waals surface area contributed by atoms with Crippen LogP contribution in [0.2, 0.25) is 0 Å². The van der Waals surface area contributed by atoms with Crippen LogP contribution < -0.4 is 10.6 Å². The van der Waals surface area contributed by atoms with Crippen molar-refractivity contribution in [3.05, 3.63) is 35.9 Å². The maximum atomic E-state index is 12.0. The van der Waals surface area contributed by atoms with Crippen molar-refractivity contribution in [1.82, 2.24) is 10.6 Å². The normalized spacial score (nSPS) is 20.4. The van der Waals surface area contributed by atoms with Gasteiger partial charge in [-0.2, -0.15) is 0 Å². The van der Waals surface area contributed by atoms with Crippen molar-refractivity contribution in [1.29, 1.82) is 0 Å². The molecular formula is C17H26N2O. The number of amides is 1. The zero-order valence-electron chi connectivity index (χ0n) is 12.4. The van der Waals surface area contributed by atoms with Crippen LogP contribution in [0.25, 0.3) is 0 Å². The molecule has 0 radical (unpaired) electrons. The molecule has 3 nitrogen and oxygen atoms in total. The molecule has 1 aromatic rings. The Morgan fingerprint density at radius 1 is 1.40 bits per heavy atom. The molecule has 0 saturated carbocycles. The molecule has 0 spiro atoms. The van der Waals surface area contributed by atoms with E-state index in [2.05, 4.69) is 29.7 Å². The predicted octanol–water partition coefficient (Wildman–Crippen LogP) is 2.37. The molecule has 1 saturated heterocycles. The van der Waals surface area contributed by atoms with Gasteiger partial charge in [-0.05, 0) is 49.8 Å². The lowest BCUT2D eigenvalue weighted by Crippen LogP contribution is -2.36. The molecule has 0 aromatic heterocycles. The standard InChI is InChI=1S/C17H26N2O/c1-14(16-8-5-10-18-13-16)12-17(20)19-11-9-15-6-3-2-4-7-15/h2-4,6-7,14,16,18H,5,8-13H2,1H3,(H,19,20). The van der Waals surface area contributed by atoms with Crippen LogP contribution in [0.1, 0.15) is 31.7 Å². The molecule has 2 N–H and O–H groups in total. The molecule has 1 aromatic carbocycles. The number of benzene rings is 1. The third-order valence-corrected chi connectivity index (χ3v) is 4.23. The quantitative estimate of drug-likeness (QED) is 0.836. The van der Waals surface area contributed by atoms with E-state index in [4.69, 9.17) is 0 Å². The summed E-state index contributed by atoms with van der Waals surface area (Å²) < 4.78 is 0. The number of hydrogen-bond donors (Lipinski definition) is 2. The molecule has 0 aliphatic carbocycles. The van der Waals surface area contributed by atoms with Crippen LogP contribution in [-0.2, 0) is 11.2 Å². The summed E-state index contributed by atoms with van der Waals surface area (Å²) in [5, 5.41) is 6.46. The molecule has 20 heavy (non-hydrogen) atoms. The lowest BCUT2D eigenvalue weighted by molar-refractivity contribution is -0.122. The van der Waals surface area contributed by atoms with E-state index in [-0.39, 0.29) is 5.91 Å². The van der Waals surface area contributed by atoms with E-state index in [0.29, 0.717) is 18.3 Å². The first-order valence-corrected chi connectivity index (χ1v) is 7.77. The topological polar surface area (TPSA) is 41.1 Å². The van der Waals surface area contributed by atoms with Crippen LogP contribution in [0.5, 0.6) is 0 Å². The lowest BCUT2D eigenvalue weighted by atomic mass is 9.85. The molecule has 2 unspecified atom stereocenters. The third-order valence-electron chi connectivity index (χ3n) is 4.23. The van der Waals surface area contributed by atoms with E-state index in [0.717, 1.165) is 26.1 Å².